The number of rotatable bonds is 1. The SMILES string of the molecule is Cc1cc(C)c(C(C)[O])c(C)c1. The van der Waals surface area contributed by atoms with Gasteiger partial charge in [-0.1, -0.05) is 17.7 Å². The summed E-state index contributed by atoms with van der Waals surface area (Å²) in [5.41, 5.74) is 4.43. The van der Waals surface area contributed by atoms with Crippen LogP contribution in [0, 0.1) is 20.8 Å². The van der Waals surface area contributed by atoms with E-state index in [1.54, 1.807) is 6.92 Å². The van der Waals surface area contributed by atoms with Crippen LogP contribution in [0.25, 0.3) is 0 Å². The molecule has 12 heavy (non-hydrogen) atoms. The minimum absolute atomic E-state index is 0.606. The third-order valence-electron chi connectivity index (χ3n) is 2.14. The van der Waals surface area contributed by atoms with Crippen LogP contribution < -0.4 is 0 Å². The van der Waals surface area contributed by atoms with Crippen LogP contribution >= 0.6 is 0 Å². The topological polar surface area (TPSA) is 19.9 Å². The third kappa shape index (κ3) is 1.67. The maximum absolute atomic E-state index is 11.3. The van der Waals surface area contributed by atoms with E-state index in [1.807, 2.05) is 13.8 Å². The highest BCUT2D eigenvalue weighted by atomic mass is 16.3. The van der Waals surface area contributed by atoms with E-state index >= 15 is 0 Å². The van der Waals surface area contributed by atoms with Crippen LogP contribution in [-0.4, -0.2) is 0 Å². The molecular weight excluding hydrogens is 148 g/mol. The second-order valence-corrected chi connectivity index (χ2v) is 3.45. The van der Waals surface area contributed by atoms with Crippen LogP contribution in [0.15, 0.2) is 12.1 Å². The first-order valence-electron chi connectivity index (χ1n) is 4.26. The van der Waals surface area contributed by atoms with E-state index in [4.69, 9.17) is 0 Å². The zero-order valence-corrected chi connectivity index (χ0v) is 8.14. The van der Waals surface area contributed by atoms with Crippen molar-refractivity contribution in [2.24, 2.45) is 0 Å². The average molecular weight is 163 g/mol. The van der Waals surface area contributed by atoms with Gasteiger partial charge >= 0.3 is 0 Å². The van der Waals surface area contributed by atoms with Crippen LogP contribution in [0.2, 0.25) is 0 Å². The molecule has 1 heteroatoms. The molecule has 0 heterocycles. The van der Waals surface area contributed by atoms with E-state index < -0.39 is 6.10 Å². The summed E-state index contributed by atoms with van der Waals surface area (Å²) < 4.78 is 0. The summed E-state index contributed by atoms with van der Waals surface area (Å²) in [5.74, 6) is 0. The maximum Gasteiger partial charge on any atom is 0.116 e. The molecule has 1 nitrogen and oxygen atoms in total. The van der Waals surface area contributed by atoms with Crippen molar-refractivity contribution in [1.29, 1.82) is 0 Å². The monoisotopic (exact) mass is 163 g/mol. The molecule has 1 aromatic rings. The van der Waals surface area contributed by atoms with Gasteiger partial charge in [0.25, 0.3) is 0 Å². The molecule has 1 unspecified atom stereocenters. The Hall–Kier alpha value is -0.820. The van der Waals surface area contributed by atoms with Gasteiger partial charge in [0, 0.05) is 0 Å². The molecule has 0 bridgehead atoms. The average Bonchev–Trinajstić information content (AvgIpc) is 1.82. The Balaban J connectivity index is 3.28. The summed E-state index contributed by atoms with van der Waals surface area (Å²) >= 11 is 0. The standard InChI is InChI=1S/C11H15O/c1-7-5-8(2)11(10(4)12)9(3)6-7/h5-6,10H,1-4H3. The summed E-state index contributed by atoms with van der Waals surface area (Å²) in [4.78, 5) is 0. The van der Waals surface area contributed by atoms with E-state index in [9.17, 15) is 5.11 Å². The van der Waals surface area contributed by atoms with Crippen molar-refractivity contribution < 1.29 is 5.11 Å². The second kappa shape index (κ2) is 3.28. The number of aryl methyl sites for hydroxylation is 3. The van der Waals surface area contributed by atoms with E-state index in [1.165, 1.54) is 5.56 Å². The normalized spacial score (nSPS) is 13.1. The Bertz CT molecular complexity index is 264. The highest BCUT2D eigenvalue weighted by molar-refractivity contribution is 5.38. The van der Waals surface area contributed by atoms with Gasteiger partial charge in [-0.3, -0.25) is 0 Å². The van der Waals surface area contributed by atoms with Crippen molar-refractivity contribution in [3.8, 4) is 0 Å². The quantitative estimate of drug-likeness (QED) is 0.606. The van der Waals surface area contributed by atoms with E-state index in [2.05, 4.69) is 19.1 Å². The molecule has 1 radical (unpaired) electrons. The van der Waals surface area contributed by atoms with Crippen molar-refractivity contribution >= 4 is 0 Å². The lowest BCUT2D eigenvalue weighted by molar-refractivity contribution is 0.105. The van der Waals surface area contributed by atoms with Crippen LogP contribution in [0.4, 0.5) is 0 Å². The molecule has 1 atom stereocenters. The Labute approximate surface area is 74.1 Å². The molecule has 0 fully saturated rings. The van der Waals surface area contributed by atoms with Gasteiger partial charge in [0.15, 0.2) is 0 Å². The molecule has 0 aliphatic heterocycles. The molecule has 0 spiro atoms. The molecule has 1 rings (SSSR count). The van der Waals surface area contributed by atoms with Crippen molar-refractivity contribution in [2.45, 2.75) is 33.8 Å². The molecule has 0 aromatic heterocycles. The van der Waals surface area contributed by atoms with Crippen molar-refractivity contribution in [1.82, 2.24) is 0 Å². The molecule has 0 aliphatic carbocycles. The lowest BCUT2D eigenvalue weighted by atomic mass is 9.96. The van der Waals surface area contributed by atoms with Crippen LogP contribution in [0.5, 0.6) is 0 Å². The molecule has 0 saturated heterocycles. The first kappa shape index (κ1) is 9.27. The van der Waals surface area contributed by atoms with Crippen LogP contribution in [0.3, 0.4) is 0 Å². The molecule has 0 saturated carbocycles. The predicted molar refractivity (Wildman–Crippen MR) is 49.8 cm³/mol. The minimum Gasteiger partial charge on any atom is -0.228 e. The van der Waals surface area contributed by atoms with E-state index in [0.717, 1.165) is 16.7 Å². The van der Waals surface area contributed by atoms with Gasteiger partial charge in [0.2, 0.25) is 0 Å². The fourth-order valence-corrected chi connectivity index (χ4v) is 1.83. The molecule has 0 N–H and O–H groups in total. The fourth-order valence-electron chi connectivity index (χ4n) is 1.83. The zero-order valence-electron chi connectivity index (χ0n) is 8.14. The fraction of sp³-hybridized carbons (Fsp3) is 0.455. The Morgan fingerprint density at radius 3 is 1.83 bits per heavy atom. The van der Waals surface area contributed by atoms with E-state index in [-0.39, 0.29) is 0 Å². The number of benzene rings is 1. The van der Waals surface area contributed by atoms with Gasteiger partial charge in [0.1, 0.15) is 6.10 Å². The zero-order chi connectivity index (χ0) is 9.30. The van der Waals surface area contributed by atoms with Crippen molar-refractivity contribution in [3.05, 3.63) is 34.4 Å². The summed E-state index contributed by atoms with van der Waals surface area (Å²) in [6.07, 6.45) is -0.606. The molecule has 0 amide bonds. The summed E-state index contributed by atoms with van der Waals surface area (Å²) in [7, 11) is 0. The third-order valence-corrected chi connectivity index (χ3v) is 2.14. The van der Waals surface area contributed by atoms with Crippen LogP contribution in [-0.2, 0) is 5.11 Å². The molecular formula is C11H15O. The first-order valence-corrected chi connectivity index (χ1v) is 4.26. The Morgan fingerprint density at radius 1 is 1.08 bits per heavy atom. The number of hydrogen-bond acceptors (Lipinski definition) is 0. The lowest BCUT2D eigenvalue weighted by Gasteiger charge is -2.11. The van der Waals surface area contributed by atoms with Gasteiger partial charge in [-0.2, -0.15) is 0 Å². The summed E-state index contributed by atoms with van der Waals surface area (Å²) in [6.45, 7) is 7.76. The first-order chi connectivity index (χ1) is 5.52. The Kier molecular flexibility index (Phi) is 2.53. The van der Waals surface area contributed by atoms with E-state index in [0.29, 0.717) is 0 Å². The van der Waals surface area contributed by atoms with Gasteiger partial charge in [-0.25, -0.2) is 5.11 Å². The summed E-state index contributed by atoms with van der Waals surface area (Å²) in [6, 6.07) is 4.13. The maximum atomic E-state index is 11.3. The number of hydrogen-bond donors (Lipinski definition) is 0. The predicted octanol–water partition coefficient (Wildman–Crippen LogP) is 3.10. The summed E-state index contributed by atoms with van der Waals surface area (Å²) in [5, 5.41) is 11.3. The second-order valence-electron chi connectivity index (χ2n) is 3.45. The largest absolute Gasteiger partial charge is 0.228 e. The molecule has 0 aliphatic rings. The van der Waals surface area contributed by atoms with Gasteiger partial charge in [-0.05, 0) is 44.4 Å². The highest BCUT2D eigenvalue weighted by Crippen LogP contribution is 2.23. The molecule has 65 valence electrons. The van der Waals surface area contributed by atoms with Gasteiger partial charge < -0.3 is 0 Å². The van der Waals surface area contributed by atoms with Gasteiger partial charge in [0.05, 0.1) is 0 Å². The smallest absolute Gasteiger partial charge is 0.116 e. The minimum atomic E-state index is -0.606. The highest BCUT2D eigenvalue weighted by Gasteiger charge is 2.09. The van der Waals surface area contributed by atoms with Gasteiger partial charge in [-0.15, -0.1) is 0 Å². The Morgan fingerprint density at radius 2 is 1.50 bits per heavy atom. The lowest BCUT2D eigenvalue weighted by Crippen LogP contribution is -1.97. The van der Waals surface area contributed by atoms with Crippen LogP contribution in [0.1, 0.15) is 35.3 Å². The van der Waals surface area contributed by atoms with Crippen molar-refractivity contribution in [2.75, 3.05) is 0 Å². The van der Waals surface area contributed by atoms with Crippen molar-refractivity contribution in [3.63, 3.8) is 0 Å². The molecule has 1 aromatic carbocycles.